The maximum atomic E-state index is 5.48. The SMILES string of the molecule is CCC1(CNC(C)(C)C)CCOC1. The maximum Gasteiger partial charge on any atom is 0.0535 e. The topological polar surface area (TPSA) is 21.3 Å². The van der Waals surface area contributed by atoms with Crippen LogP contribution in [0.15, 0.2) is 0 Å². The molecule has 0 radical (unpaired) electrons. The lowest BCUT2D eigenvalue weighted by molar-refractivity contribution is 0.141. The first kappa shape index (κ1) is 11.0. The number of hydrogen-bond donors (Lipinski definition) is 1. The second kappa shape index (κ2) is 3.97. The average molecular weight is 185 g/mol. The van der Waals surface area contributed by atoms with Crippen LogP contribution in [0.25, 0.3) is 0 Å². The third-order valence-electron chi connectivity index (χ3n) is 2.93. The van der Waals surface area contributed by atoms with E-state index in [4.69, 9.17) is 4.74 Å². The van der Waals surface area contributed by atoms with Gasteiger partial charge in [0.15, 0.2) is 0 Å². The molecule has 1 rings (SSSR count). The quantitative estimate of drug-likeness (QED) is 0.727. The molecule has 1 heterocycles. The van der Waals surface area contributed by atoms with Crippen LogP contribution in [0.1, 0.15) is 40.5 Å². The minimum atomic E-state index is 0.227. The summed E-state index contributed by atoms with van der Waals surface area (Å²) in [5.74, 6) is 0. The fourth-order valence-corrected chi connectivity index (χ4v) is 1.65. The van der Waals surface area contributed by atoms with Gasteiger partial charge in [0.25, 0.3) is 0 Å². The van der Waals surface area contributed by atoms with Crippen LogP contribution in [0.5, 0.6) is 0 Å². The van der Waals surface area contributed by atoms with E-state index in [-0.39, 0.29) is 5.54 Å². The fourth-order valence-electron chi connectivity index (χ4n) is 1.65. The molecule has 78 valence electrons. The van der Waals surface area contributed by atoms with Crippen LogP contribution in [-0.4, -0.2) is 25.3 Å². The third kappa shape index (κ3) is 3.28. The van der Waals surface area contributed by atoms with Gasteiger partial charge < -0.3 is 10.1 Å². The summed E-state index contributed by atoms with van der Waals surface area (Å²) in [5.41, 5.74) is 0.637. The van der Waals surface area contributed by atoms with Crippen molar-refractivity contribution in [1.82, 2.24) is 5.32 Å². The Bertz CT molecular complexity index is 154. The normalized spacial score (nSPS) is 29.5. The Morgan fingerprint density at radius 3 is 2.46 bits per heavy atom. The van der Waals surface area contributed by atoms with Gasteiger partial charge in [-0.2, -0.15) is 0 Å². The van der Waals surface area contributed by atoms with Gasteiger partial charge in [-0.25, -0.2) is 0 Å². The molecule has 13 heavy (non-hydrogen) atoms. The van der Waals surface area contributed by atoms with Gasteiger partial charge in [-0.1, -0.05) is 6.92 Å². The Labute approximate surface area is 82.0 Å². The van der Waals surface area contributed by atoms with E-state index >= 15 is 0 Å². The summed E-state index contributed by atoms with van der Waals surface area (Å²) in [6, 6.07) is 0. The zero-order valence-electron chi connectivity index (χ0n) is 9.44. The highest BCUT2D eigenvalue weighted by atomic mass is 16.5. The van der Waals surface area contributed by atoms with E-state index in [0.29, 0.717) is 5.41 Å². The molecule has 2 nitrogen and oxygen atoms in total. The summed E-state index contributed by atoms with van der Waals surface area (Å²) >= 11 is 0. The predicted octanol–water partition coefficient (Wildman–Crippen LogP) is 2.19. The molecule has 0 bridgehead atoms. The monoisotopic (exact) mass is 185 g/mol. The van der Waals surface area contributed by atoms with Crippen molar-refractivity contribution in [2.45, 2.75) is 46.1 Å². The highest BCUT2D eigenvalue weighted by Crippen LogP contribution is 2.31. The van der Waals surface area contributed by atoms with Crippen molar-refractivity contribution in [3.63, 3.8) is 0 Å². The van der Waals surface area contributed by atoms with Crippen LogP contribution >= 0.6 is 0 Å². The third-order valence-corrected chi connectivity index (χ3v) is 2.93. The van der Waals surface area contributed by atoms with Gasteiger partial charge in [0.05, 0.1) is 6.61 Å². The lowest BCUT2D eigenvalue weighted by atomic mass is 9.84. The smallest absolute Gasteiger partial charge is 0.0535 e. The first-order valence-electron chi connectivity index (χ1n) is 5.30. The lowest BCUT2D eigenvalue weighted by Gasteiger charge is -2.31. The summed E-state index contributed by atoms with van der Waals surface area (Å²) in [4.78, 5) is 0. The van der Waals surface area contributed by atoms with E-state index in [1.807, 2.05) is 0 Å². The van der Waals surface area contributed by atoms with Gasteiger partial charge in [0.1, 0.15) is 0 Å². The standard InChI is InChI=1S/C11H23NO/c1-5-11(6-7-13-9-11)8-12-10(2,3)4/h12H,5-9H2,1-4H3. The molecule has 1 saturated heterocycles. The number of nitrogens with one attached hydrogen (secondary N) is 1. The summed E-state index contributed by atoms with van der Waals surface area (Å²) in [6.07, 6.45) is 2.43. The van der Waals surface area contributed by atoms with Gasteiger partial charge in [-0.05, 0) is 33.6 Å². The van der Waals surface area contributed by atoms with Gasteiger partial charge in [0, 0.05) is 24.1 Å². The average Bonchev–Trinajstić information content (AvgIpc) is 2.49. The molecule has 0 aliphatic carbocycles. The maximum absolute atomic E-state index is 5.48. The minimum absolute atomic E-state index is 0.227. The summed E-state index contributed by atoms with van der Waals surface area (Å²) in [6.45, 7) is 11.9. The Hall–Kier alpha value is -0.0800. The largest absolute Gasteiger partial charge is 0.381 e. The molecule has 1 aliphatic rings. The van der Waals surface area contributed by atoms with E-state index in [0.717, 1.165) is 19.8 Å². The van der Waals surface area contributed by atoms with Crippen molar-refractivity contribution in [2.24, 2.45) is 5.41 Å². The first-order valence-corrected chi connectivity index (χ1v) is 5.30. The molecule has 0 spiro atoms. The van der Waals surface area contributed by atoms with E-state index in [1.54, 1.807) is 0 Å². The van der Waals surface area contributed by atoms with Crippen molar-refractivity contribution in [3.05, 3.63) is 0 Å². The van der Waals surface area contributed by atoms with Gasteiger partial charge in [0.2, 0.25) is 0 Å². The highest BCUT2D eigenvalue weighted by Gasteiger charge is 2.33. The molecule has 1 aliphatic heterocycles. The molecule has 1 unspecified atom stereocenters. The number of rotatable bonds is 3. The van der Waals surface area contributed by atoms with E-state index < -0.39 is 0 Å². The number of hydrogen-bond acceptors (Lipinski definition) is 2. The van der Waals surface area contributed by atoms with Crippen LogP contribution in [-0.2, 0) is 4.74 Å². The first-order chi connectivity index (χ1) is 5.97. The van der Waals surface area contributed by atoms with Crippen molar-refractivity contribution in [3.8, 4) is 0 Å². The molecular formula is C11H23NO. The van der Waals surface area contributed by atoms with Crippen molar-refractivity contribution >= 4 is 0 Å². The molecule has 1 atom stereocenters. The van der Waals surface area contributed by atoms with Gasteiger partial charge in [-0.15, -0.1) is 0 Å². The predicted molar refractivity (Wildman–Crippen MR) is 55.9 cm³/mol. The van der Waals surface area contributed by atoms with Crippen molar-refractivity contribution < 1.29 is 4.74 Å². The highest BCUT2D eigenvalue weighted by molar-refractivity contribution is 4.86. The molecule has 1 fully saturated rings. The summed E-state index contributed by atoms with van der Waals surface area (Å²) in [7, 11) is 0. The minimum Gasteiger partial charge on any atom is -0.381 e. The Morgan fingerprint density at radius 2 is 2.08 bits per heavy atom. The van der Waals surface area contributed by atoms with E-state index in [9.17, 15) is 0 Å². The van der Waals surface area contributed by atoms with E-state index in [1.165, 1.54) is 12.8 Å². The van der Waals surface area contributed by atoms with Crippen molar-refractivity contribution in [2.75, 3.05) is 19.8 Å². The Morgan fingerprint density at radius 1 is 1.38 bits per heavy atom. The van der Waals surface area contributed by atoms with Gasteiger partial charge in [-0.3, -0.25) is 0 Å². The Balaban J connectivity index is 2.40. The molecule has 0 saturated carbocycles. The number of ether oxygens (including phenoxy) is 1. The van der Waals surface area contributed by atoms with Crippen LogP contribution in [0.4, 0.5) is 0 Å². The molecule has 0 aromatic heterocycles. The molecule has 1 N–H and O–H groups in total. The molecule has 0 aromatic carbocycles. The molecule has 0 amide bonds. The van der Waals surface area contributed by atoms with Crippen LogP contribution in [0.3, 0.4) is 0 Å². The second-order valence-electron chi connectivity index (χ2n) is 5.26. The van der Waals surface area contributed by atoms with E-state index in [2.05, 4.69) is 33.0 Å². The zero-order valence-corrected chi connectivity index (χ0v) is 9.44. The van der Waals surface area contributed by atoms with Crippen LogP contribution in [0, 0.1) is 5.41 Å². The Kier molecular flexibility index (Phi) is 3.36. The summed E-state index contributed by atoms with van der Waals surface area (Å²) in [5, 5.41) is 3.58. The van der Waals surface area contributed by atoms with Gasteiger partial charge >= 0.3 is 0 Å². The summed E-state index contributed by atoms with van der Waals surface area (Å²) < 4.78 is 5.48. The van der Waals surface area contributed by atoms with Crippen LogP contribution in [0.2, 0.25) is 0 Å². The van der Waals surface area contributed by atoms with Crippen LogP contribution < -0.4 is 5.32 Å². The molecule has 2 heteroatoms. The lowest BCUT2D eigenvalue weighted by Crippen LogP contribution is -2.44. The van der Waals surface area contributed by atoms with Crippen molar-refractivity contribution in [1.29, 1.82) is 0 Å². The molecular weight excluding hydrogens is 162 g/mol. The fraction of sp³-hybridized carbons (Fsp3) is 1.00. The zero-order chi connectivity index (χ0) is 9.95. The molecule has 0 aromatic rings. The second-order valence-corrected chi connectivity index (χ2v) is 5.26.